The highest BCUT2D eigenvalue weighted by Crippen LogP contribution is 2.39. The molecule has 2 saturated heterocycles. The number of likely N-dealkylation sites (tertiary alicyclic amines) is 2. The number of carbonyl (C=O) groups excluding carboxylic acids is 3. The highest BCUT2D eigenvalue weighted by atomic mass is 19.4. The first kappa shape index (κ1) is 34.7. The lowest BCUT2D eigenvalue weighted by Crippen LogP contribution is -2.48. The van der Waals surface area contributed by atoms with Gasteiger partial charge in [0.15, 0.2) is 0 Å². The quantitative estimate of drug-likeness (QED) is 0.276. The van der Waals surface area contributed by atoms with Crippen molar-refractivity contribution >= 4 is 23.5 Å². The van der Waals surface area contributed by atoms with Crippen LogP contribution in [0.25, 0.3) is 0 Å². The number of amides is 4. The summed E-state index contributed by atoms with van der Waals surface area (Å²) < 4.78 is 94.9. The minimum atomic E-state index is -5.10. The predicted molar refractivity (Wildman–Crippen MR) is 163 cm³/mol. The maximum atomic E-state index is 13.8. The van der Waals surface area contributed by atoms with E-state index in [1.165, 1.54) is 36.2 Å². The fraction of sp³-hybridized carbons (Fsp3) is 0.382. The summed E-state index contributed by atoms with van der Waals surface area (Å²) in [5.41, 5.74) is -2.60. The second-order valence-electron chi connectivity index (χ2n) is 12.1. The van der Waals surface area contributed by atoms with Gasteiger partial charge in [0.2, 0.25) is 5.91 Å². The summed E-state index contributed by atoms with van der Waals surface area (Å²) in [5, 5.41) is 0. The maximum absolute atomic E-state index is 13.8. The van der Waals surface area contributed by atoms with Crippen molar-refractivity contribution in [3.05, 3.63) is 101 Å². The van der Waals surface area contributed by atoms with Crippen LogP contribution in [-0.2, 0) is 17.1 Å². The fourth-order valence-electron chi connectivity index (χ4n) is 6.37. The number of nitrogens with zero attached hydrogens (tertiary/aromatic N) is 4. The topological polar surface area (TPSA) is 64.2 Å². The molecule has 3 aromatic carbocycles. The molecule has 256 valence electrons. The van der Waals surface area contributed by atoms with Crippen LogP contribution in [0.15, 0.2) is 72.8 Å². The molecule has 2 fully saturated rings. The van der Waals surface area contributed by atoms with Gasteiger partial charge in [-0.1, -0.05) is 30.3 Å². The maximum Gasteiger partial charge on any atom is 0.416 e. The van der Waals surface area contributed by atoms with Gasteiger partial charge < -0.3 is 14.7 Å². The highest BCUT2D eigenvalue weighted by molar-refractivity contribution is 5.94. The Hall–Kier alpha value is -4.62. The molecule has 2 aliphatic heterocycles. The van der Waals surface area contributed by atoms with Crippen LogP contribution in [0.3, 0.4) is 0 Å². The first-order valence-corrected chi connectivity index (χ1v) is 15.2. The first-order valence-electron chi connectivity index (χ1n) is 15.2. The summed E-state index contributed by atoms with van der Waals surface area (Å²) >= 11 is 0. The van der Waals surface area contributed by atoms with Crippen LogP contribution in [-0.4, -0.2) is 78.9 Å². The molecule has 0 radical (unpaired) electrons. The molecule has 4 amide bonds. The smallest absolute Gasteiger partial charge is 0.340 e. The van der Waals surface area contributed by atoms with Gasteiger partial charge in [0, 0.05) is 63.4 Å². The third-order valence-electron chi connectivity index (χ3n) is 9.10. The Bertz CT molecular complexity index is 1610. The lowest BCUT2D eigenvalue weighted by atomic mass is 9.93. The van der Waals surface area contributed by atoms with Gasteiger partial charge in [0.25, 0.3) is 5.91 Å². The monoisotopic (exact) mass is 678 g/mol. The summed E-state index contributed by atoms with van der Waals surface area (Å²) in [4.78, 5) is 45.5. The van der Waals surface area contributed by atoms with Crippen molar-refractivity contribution in [1.82, 2.24) is 14.7 Å². The summed E-state index contributed by atoms with van der Waals surface area (Å²) in [6, 6.07) is 13.5. The van der Waals surface area contributed by atoms with E-state index < -0.39 is 58.9 Å². The lowest BCUT2D eigenvalue weighted by Gasteiger charge is -2.34. The number of rotatable bonds is 5. The van der Waals surface area contributed by atoms with Crippen molar-refractivity contribution in [1.29, 1.82) is 0 Å². The van der Waals surface area contributed by atoms with E-state index in [-0.39, 0.29) is 31.0 Å². The molecule has 0 saturated carbocycles. The summed E-state index contributed by atoms with van der Waals surface area (Å²) in [5.74, 6) is -1.78. The van der Waals surface area contributed by atoms with E-state index in [2.05, 4.69) is 0 Å². The van der Waals surface area contributed by atoms with Crippen molar-refractivity contribution in [2.75, 3.05) is 45.2 Å². The van der Waals surface area contributed by atoms with E-state index >= 15 is 0 Å². The summed E-state index contributed by atoms with van der Waals surface area (Å²) in [6.45, 7) is 0.893. The van der Waals surface area contributed by atoms with E-state index in [1.54, 1.807) is 34.1 Å². The SMILES string of the molecule is CN(C(=O)N(C)C1CN(C(=O)C2CCN(C(=O)c3ccccc3)CC2)CC1c1ccc(F)cc1)c1cc(C(F)(F)F)cc(C(F)(F)F)c1. The Morgan fingerprint density at radius 2 is 1.31 bits per heavy atom. The molecule has 2 unspecified atom stereocenters. The average molecular weight is 679 g/mol. The van der Waals surface area contributed by atoms with Gasteiger partial charge in [-0.05, 0) is 60.9 Å². The molecular weight excluding hydrogens is 645 g/mol. The highest BCUT2D eigenvalue weighted by Gasteiger charge is 2.43. The molecule has 2 aliphatic rings. The number of halogens is 7. The minimum Gasteiger partial charge on any atom is -0.340 e. The molecule has 0 spiro atoms. The summed E-state index contributed by atoms with van der Waals surface area (Å²) in [7, 11) is 2.43. The number of benzene rings is 3. The minimum absolute atomic E-state index is 0.0153. The molecule has 2 atom stereocenters. The van der Waals surface area contributed by atoms with Gasteiger partial charge in [0.05, 0.1) is 17.2 Å². The fourth-order valence-corrected chi connectivity index (χ4v) is 6.37. The van der Waals surface area contributed by atoms with Crippen molar-refractivity contribution < 1.29 is 45.1 Å². The van der Waals surface area contributed by atoms with E-state index in [0.29, 0.717) is 54.1 Å². The number of likely N-dealkylation sites (N-methyl/N-ethyl adjacent to an activating group) is 1. The third-order valence-corrected chi connectivity index (χ3v) is 9.10. The summed E-state index contributed by atoms with van der Waals surface area (Å²) in [6.07, 6.45) is -9.38. The number of piperidine rings is 1. The normalized spacial score (nSPS) is 18.9. The molecule has 14 heteroatoms. The Morgan fingerprint density at radius 3 is 1.85 bits per heavy atom. The van der Waals surface area contributed by atoms with Crippen LogP contribution in [0.2, 0.25) is 0 Å². The Morgan fingerprint density at radius 1 is 0.750 bits per heavy atom. The molecule has 0 aromatic heterocycles. The number of hydrogen-bond acceptors (Lipinski definition) is 3. The van der Waals surface area contributed by atoms with Crippen molar-refractivity contribution in [3.63, 3.8) is 0 Å². The number of alkyl halides is 6. The van der Waals surface area contributed by atoms with Gasteiger partial charge in [-0.2, -0.15) is 26.3 Å². The van der Waals surface area contributed by atoms with Crippen LogP contribution < -0.4 is 4.90 Å². The van der Waals surface area contributed by atoms with Crippen molar-refractivity contribution in [2.45, 2.75) is 37.2 Å². The second-order valence-corrected chi connectivity index (χ2v) is 12.1. The van der Waals surface area contributed by atoms with Gasteiger partial charge >= 0.3 is 18.4 Å². The van der Waals surface area contributed by atoms with E-state index in [9.17, 15) is 45.1 Å². The molecule has 7 nitrogen and oxygen atoms in total. The second kappa shape index (κ2) is 13.5. The molecule has 2 heterocycles. The van der Waals surface area contributed by atoms with E-state index in [0.717, 1.165) is 7.05 Å². The van der Waals surface area contributed by atoms with E-state index in [1.807, 2.05) is 6.07 Å². The average Bonchev–Trinajstić information content (AvgIpc) is 3.52. The van der Waals surface area contributed by atoms with Crippen LogP contribution in [0.4, 0.5) is 41.2 Å². The van der Waals surface area contributed by atoms with Crippen LogP contribution in [0, 0.1) is 11.7 Å². The van der Waals surface area contributed by atoms with Crippen molar-refractivity contribution in [3.8, 4) is 0 Å². The van der Waals surface area contributed by atoms with Gasteiger partial charge in [0.1, 0.15) is 5.82 Å². The lowest BCUT2D eigenvalue weighted by molar-refractivity contribution is -0.143. The molecule has 0 N–H and O–H groups in total. The largest absolute Gasteiger partial charge is 0.416 e. The molecule has 48 heavy (non-hydrogen) atoms. The van der Waals surface area contributed by atoms with Gasteiger partial charge in [-0.3, -0.25) is 14.5 Å². The molecule has 0 bridgehead atoms. The Balaban J connectivity index is 1.35. The standard InChI is InChI=1S/C34H33F7N4O3/c1-42(27-17-24(33(36,37)38)16-25(18-27)34(39,40)41)32(48)43(2)29-20-45(19-28(29)21-8-10-26(35)11-9-21)31(47)23-12-14-44(15-13-23)30(46)22-6-4-3-5-7-22/h3-11,16-18,23,28-29H,12-15,19-20H2,1-2H3. The Labute approximate surface area is 272 Å². The van der Waals surface area contributed by atoms with Gasteiger partial charge in [-0.15, -0.1) is 0 Å². The zero-order chi connectivity index (χ0) is 35.0. The first-order chi connectivity index (χ1) is 22.5. The molecule has 3 aromatic rings. The van der Waals surface area contributed by atoms with Crippen LogP contribution in [0.5, 0.6) is 0 Å². The number of carbonyl (C=O) groups is 3. The Kier molecular flexibility index (Phi) is 9.74. The zero-order valence-electron chi connectivity index (χ0n) is 26.1. The van der Waals surface area contributed by atoms with E-state index in [4.69, 9.17) is 0 Å². The number of hydrogen-bond donors (Lipinski definition) is 0. The van der Waals surface area contributed by atoms with Crippen LogP contribution in [0.1, 0.15) is 45.8 Å². The molecule has 5 rings (SSSR count). The third kappa shape index (κ3) is 7.42. The zero-order valence-corrected chi connectivity index (χ0v) is 26.1. The van der Waals surface area contributed by atoms with Gasteiger partial charge in [-0.25, -0.2) is 9.18 Å². The number of urea groups is 1. The molecular formula is C34H33F7N4O3. The molecule has 0 aliphatic carbocycles. The number of anilines is 1. The van der Waals surface area contributed by atoms with Crippen LogP contribution >= 0.6 is 0 Å². The van der Waals surface area contributed by atoms with Crippen molar-refractivity contribution in [2.24, 2.45) is 5.92 Å². The predicted octanol–water partition coefficient (Wildman–Crippen LogP) is 6.90.